The molecule has 3 rings (SSSR count). The molecule has 0 aliphatic carbocycles. The van der Waals surface area contributed by atoms with Crippen LogP contribution in [0.15, 0.2) is 17.2 Å². The number of rotatable bonds is 2. The lowest BCUT2D eigenvalue weighted by molar-refractivity contribution is 0.0512. The second-order valence-electron chi connectivity index (χ2n) is 5.11. The zero-order valence-corrected chi connectivity index (χ0v) is 11.7. The molecular formula is C11H14ClN3O3S. The van der Waals surface area contributed by atoms with Crippen molar-refractivity contribution in [2.24, 2.45) is 5.41 Å². The van der Waals surface area contributed by atoms with Crippen molar-refractivity contribution < 1.29 is 13.2 Å². The van der Waals surface area contributed by atoms with Gasteiger partial charge in [-0.2, -0.15) is 4.31 Å². The molecule has 0 amide bonds. The van der Waals surface area contributed by atoms with E-state index >= 15 is 0 Å². The molecule has 0 saturated carbocycles. The molecule has 0 aromatic carbocycles. The zero-order chi connectivity index (χ0) is 13.7. The Morgan fingerprint density at radius 3 is 2.84 bits per heavy atom. The van der Waals surface area contributed by atoms with Crippen LogP contribution in [0, 0.1) is 5.41 Å². The highest BCUT2D eigenvalue weighted by Gasteiger charge is 2.50. The second-order valence-corrected chi connectivity index (χ2v) is 7.46. The van der Waals surface area contributed by atoms with Gasteiger partial charge in [-0.15, -0.1) is 0 Å². The smallest absolute Gasteiger partial charge is 0.246 e. The molecule has 19 heavy (non-hydrogen) atoms. The van der Waals surface area contributed by atoms with E-state index < -0.39 is 10.0 Å². The van der Waals surface area contributed by atoms with E-state index in [4.69, 9.17) is 22.1 Å². The fourth-order valence-corrected chi connectivity index (χ4v) is 4.53. The maximum Gasteiger partial charge on any atom is 0.246 e. The van der Waals surface area contributed by atoms with E-state index in [9.17, 15) is 8.42 Å². The number of hydrogen-bond acceptors (Lipinski definition) is 5. The van der Waals surface area contributed by atoms with Crippen LogP contribution in [0.4, 0.5) is 5.82 Å². The number of nitrogens with zero attached hydrogens (tertiary/aromatic N) is 2. The molecule has 8 heteroatoms. The summed E-state index contributed by atoms with van der Waals surface area (Å²) >= 11 is 5.79. The third kappa shape index (κ3) is 2.10. The van der Waals surface area contributed by atoms with E-state index in [1.807, 2.05) is 0 Å². The Morgan fingerprint density at radius 2 is 2.21 bits per heavy atom. The summed E-state index contributed by atoms with van der Waals surface area (Å²) in [6.07, 6.45) is 2.24. The van der Waals surface area contributed by atoms with Crippen LogP contribution in [0.2, 0.25) is 5.02 Å². The average molecular weight is 304 g/mol. The minimum atomic E-state index is -3.61. The maximum absolute atomic E-state index is 12.4. The minimum absolute atomic E-state index is 0.00612. The van der Waals surface area contributed by atoms with Crippen LogP contribution < -0.4 is 5.73 Å². The molecule has 3 heterocycles. The Bertz CT molecular complexity index is 606. The first-order valence-electron chi connectivity index (χ1n) is 5.92. The summed E-state index contributed by atoms with van der Waals surface area (Å²) in [6, 6.07) is 1.34. The molecule has 6 nitrogen and oxygen atoms in total. The Labute approximate surface area is 116 Å². The molecule has 2 aliphatic heterocycles. The fourth-order valence-electron chi connectivity index (χ4n) is 2.55. The van der Waals surface area contributed by atoms with Gasteiger partial charge in [0.25, 0.3) is 0 Å². The van der Waals surface area contributed by atoms with Crippen molar-refractivity contribution in [3.05, 3.63) is 17.3 Å². The van der Waals surface area contributed by atoms with Crippen LogP contribution in [-0.4, -0.2) is 44.0 Å². The van der Waals surface area contributed by atoms with Crippen LogP contribution in [-0.2, 0) is 14.8 Å². The first-order chi connectivity index (χ1) is 8.93. The first kappa shape index (κ1) is 13.1. The molecule has 2 N–H and O–H groups in total. The van der Waals surface area contributed by atoms with Gasteiger partial charge in [0.1, 0.15) is 10.7 Å². The SMILES string of the molecule is Nc1ncc(Cl)cc1S(=O)(=O)N1CC2(CCOC2)C1. The summed E-state index contributed by atoms with van der Waals surface area (Å²) in [6.45, 7) is 2.28. The van der Waals surface area contributed by atoms with Crippen molar-refractivity contribution in [3.8, 4) is 0 Å². The average Bonchev–Trinajstić information content (AvgIpc) is 2.79. The summed E-state index contributed by atoms with van der Waals surface area (Å²) in [7, 11) is -3.61. The number of sulfonamides is 1. The lowest BCUT2D eigenvalue weighted by atomic mass is 9.81. The van der Waals surface area contributed by atoms with E-state index in [1.54, 1.807) is 0 Å². The van der Waals surface area contributed by atoms with Crippen molar-refractivity contribution in [3.63, 3.8) is 0 Å². The number of pyridine rings is 1. The zero-order valence-electron chi connectivity index (χ0n) is 10.2. The summed E-state index contributed by atoms with van der Waals surface area (Å²) in [4.78, 5) is 3.77. The first-order valence-corrected chi connectivity index (χ1v) is 7.74. The molecule has 0 radical (unpaired) electrons. The highest BCUT2D eigenvalue weighted by atomic mass is 35.5. The normalized spacial score (nSPS) is 22.6. The molecule has 0 atom stereocenters. The van der Waals surface area contributed by atoms with Gasteiger partial charge >= 0.3 is 0 Å². The minimum Gasteiger partial charge on any atom is -0.383 e. The monoisotopic (exact) mass is 303 g/mol. The summed E-state index contributed by atoms with van der Waals surface area (Å²) in [5, 5.41) is 0.257. The van der Waals surface area contributed by atoms with Crippen molar-refractivity contribution in [1.82, 2.24) is 9.29 Å². The summed E-state index contributed by atoms with van der Waals surface area (Å²) in [5.74, 6) is -0.0204. The van der Waals surface area contributed by atoms with Gasteiger partial charge in [0.05, 0.1) is 11.6 Å². The largest absolute Gasteiger partial charge is 0.383 e. The van der Waals surface area contributed by atoms with Gasteiger partial charge in [-0.3, -0.25) is 0 Å². The van der Waals surface area contributed by atoms with Crippen molar-refractivity contribution >= 4 is 27.4 Å². The van der Waals surface area contributed by atoms with E-state index in [1.165, 1.54) is 16.6 Å². The Hall–Kier alpha value is -0.890. The maximum atomic E-state index is 12.4. The number of aromatic nitrogens is 1. The van der Waals surface area contributed by atoms with Gasteiger partial charge in [0.15, 0.2) is 0 Å². The molecule has 0 unspecified atom stereocenters. The quantitative estimate of drug-likeness (QED) is 0.870. The third-order valence-electron chi connectivity index (χ3n) is 3.67. The predicted octanol–water partition coefficient (Wildman–Crippen LogP) is 0.728. The molecule has 0 bridgehead atoms. The predicted molar refractivity (Wildman–Crippen MR) is 70.3 cm³/mol. The van der Waals surface area contributed by atoms with Crippen molar-refractivity contribution in [2.45, 2.75) is 11.3 Å². The summed E-state index contributed by atoms with van der Waals surface area (Å²) in [5.41, 5.74) is 5.63. The number of hydrogen-bond donors (Lipinski definition) is 1. The molecule has 1 spiro atoms. The fraction of sp³-hybridized carbons (Fsp3) is 0.545. The van der Waals surface area contributed by atoms with Crippen LogP contribution in [0.5, 0.6) is 0 Å². The third-order valence-corrected chi connectivity index (χ3v) is 5.70. The number of nitrogens with two attached hydrogens (primary N) is 1. The molecule has 2 aliphatic rings. The lowest BCUT2D eigenvalue weighted by Gasteiger charge is -2.45. The number of nitrogen functional groups attached to an aromatic ring is 1. The van der Waals surface area contributed by atoms with E-state index in [0.29, 0.717) is 26.3 Å². The highest BCUT2D eigenvalue weighted by Crippen LogP contribution is 2.41. The second kappa shape index (κ2) is 4.31. The molecule has 2 fully saturated rings. The van der Waals surface area contributed by atoms with Gasteiger partial charge in [0.2, 0.25) is 10.0 Å². The van der Waals surface area contributed by atoms with Gasteiger partial charge in [-0.25, -0.2) is 13.4 Å². The lowest BCUT2D eigenvalue weighted by Crippen LogP contribution is -2.58. The molecule has 1 aromatic rings. The Morgan fingerprint density at radius 1 is 1.47 bits per heavy atom. The van der Waals surface area contributed by atoms with E-state index in [2.05, 4.69) is 4.98 Å². The van der Waals surface area contributed by atoms with Gasteiger partial charge in [-0.1, -0.05) is 11.6 Å². The van der Waals surface area contributed by atoms with Crippen LogP contribution >= 0.6 is 11.6 Å². The van der Waals surface area contributed by atoms with Crippen LogP contribution in [0.1, 0.15) is 6.42 Å². The van der Waals surface area contributed by atoms with Crippen LogP contribution in [0.25, 0.3) is 0 Å². The Kier molecular flexibility index (Phi) is 2.97. The van der Waals surface area contributed by atoms with Gasteiger partial charge in [-0.05, 0) is 12.5 Å². The molecule has 104 valence electrons. The molecule has 2 saturated heterocycles. The van der Waals surface area contributed by atoms with Crippen molar-refractivity contribution in [2.75, 3.05) is 32.0 Å². The number of halogens is 1. The molecule has 1 aromatic heterocycles. The number of anilines is 1. The Balaban J connectivity index is 1.86. The molecular weight excluding hydrogens is 290 g/mol. The summed E-state index contributed by atoms with van der Waals surface area (Å²) < 4.78 is 31.6. The van der Waals surface area contributed by atoms with Gasteiger partial charge in [0, 0.05) is 31.3 Å². The highest BCUT2D eigenvalue weighted by molar-refractivity contribution is 7.89. The van der Waals surface area contributed by atoms with Crippen molar-refractivity contribution in [1.29, 1.82) is 0 Å². The number of ether oxygens (including phenoxy) is 1. The van der Waals surface area contributed by atoms with Crippen LogP contribution in [0.3, 0.4) is 0 Å². The van der Waals surface area contributed by atoms with E-state index in [-0.39, 0.29) is 21.2 Å². The van der Waals surface area contributed by atoms with Gasteiger partial charge < -0.3 is 10.5 Å². The van der Waals surface area contributed by atoms with E-state index in [0.717, 1.165) is 6.42 Å². The topological polar surface area (TPSA) is 85.5 Å². The standard InChI is InChI=1S/C11H14ClN3O3S/c12-8-3-9(10(13)14-4-8)19(16,17)15-5-11(6-15)1-2-18-7-11/h3-4H,1-2,5-7H2,(H2,13,14).